The number of alkyl halides is 3. The SMILES string of the molecule is COc1ccc2nnn(CC(=O)NC(C)c3ccc(OC(F)(F)F)cc3)c(=O)c2c1. The van der Waals surface area contributed by atoms with Gasteiger partial charge in [-0.1, -0.05) is 17.3 Å². The molecule has 0 aliphatic carbocycles. The van der Waals surface area contributed by atoms with Crippen LogP contribution in [0.4, 0.5) is 13.2 Å². The summed E-state index contributed by atoms with van der Waals surface area (Å²) < 4.78 is 46.5. The summed E-state index contributed by atoms with van der Waals surface area (Å²) >= 11 is 0. The van der Waals surface area contributed by atoms with Gasteiger partial charge in [0.25, 0.3) is 5.56 Å². The minimum absolute atomic E-state index is 0.255. The van der Waals surface area contributed by atoms with Gasteiger partial charge in [0.15, 0.2) is 0 Å². The van der Waals surface area contributed by atoms with E-state index < -0.39 is 23.9 Å². The van der Waals surface area contributed by atoms with Crippen molar-refractivity contribution in [3.05, 3.63) is 58.4 Å². The van der Waals surface area contributed by atoms with Gasteiger partial charge in [-0.05, 0) is 42.8 Å². The molecule has 0 spiro atoms. The van der Waals surface area contributed by atoms with Crippen molar-refractivity contribution >= 4 is 16.8 Å². The predicted octanol–water partition coefficient (Wildman–Crippen LogP) is 2.58. The van der Waals surface area contributed by atoms with E-state index in [0.29, 0.717) is 16.8 Å². The van der Waals surface area contributed by atoms with Crippen LogP contribution >= 0.6 is 0 Å². The number of hydrogen-bond acceptors (Lipinski definition) is 6. The summed E-state index contributed by atoms with van der Waals surface area (Å²) in [4.78, 5) is 24.9. The molecule has 3 aromatic rings. The van der Waals surface area contributed by atoms with Crippen LogP contribution in [0.25, 0.3) is 10.9 Å². The van der Waals surface area contributed by atoms with Crippen LogP contribution in [0.2, 0.25) is 0 Å². The zero-order valence-corrected chi connectivity index (χ0v) is 15.9. The molecule has 1 atom stereocenters. The van der Waals surface area contributed by atoms with Gasteiger partial charge in [0.2, 0.25) is 5.91 Å². The number of methoxy groups -OCH3 is 1. The summed E-state index contributed by atoms with van der Waals surface area (Å²) in [5.74, 6) is -0.412. The van der Waals surface area contributed by atoms with E-state index in [9.17, 15) is 22.8 Å². The smallest absolute Gasteiger partial charge is 0.497 e. The highest BCUT2D eigenvalue weighted by Crippen LogP contribution is 2.24. The van der Waals surface area contributed by atoms with Crippen molar-refractivity contribution in [2.75, 3.05) is 7.11 Å². The molecule has 0 fully saturated rings. The Labute approximate surface area is 168 Å². The molecule has 0 radical (unpaired) electrons. The Morgan fingerprint density at radius 2 is 1.83 bits per heavy atom. The first-order chi connectivity index (χ1) is 14.2. The van der Waals surface area contributed by atoms with Gasteiger partial charge in [-0.2, -0.15) is 0 Å². The number of ether oxygens (including phenoxy) is 2. The van der Waals surface area contributed by atoms with E-state index in [4.69, 9.17) is 4.74 Å². The number of rotatable bonds is 6. The van der Waals surface area contributed by atoms with E-state index in [0.717, 1.165) is 16.8 Å². The molecular formula is C19H17F3N4O4. The van der Waals surface area contributed by atoms with Crippen LogP contribution in [0, 0.1) is 0 Å². The van der Waals surface area contributed by atoms with Gasteiger partial charge in [0.1, 0.15) is 23.6 Å². The molecule has 0 bridgehead atoms. The predicted molar refractivity (Wildman–Crippen MR) is 100 cm³/mol. The van der Waals surface area contributed by atoms with Crippen LogP contribution in [0.3, 0.4) is 0 Å². The Kier molecular flexibility index (Phi) is 5.90. The molecule has 11 heteroatoms. The average molecular weight is 422 g/mol. The largest absolute Gasteiger partial charge is 0.573 e. The second-order valence-corrected chi connectivity index (χ2v) is 6.34. The molecule has 8 nitrogen and oxygen atoms in total. The molecule has 2 aromatic carbocycles. The van der Waals surface area contributed by atoms with E-state index in [1.54, 1.807) is 19.1 Å². The second kappa shape index (κ2) is 8.39. The first kappa shape index (κ1) is 21.1. The quantitative estimate of drug-likeness (QED) is 0.656. The van der Waals surface area contributed by atoms with Crippen molar-refractivity contribution in [2.24, 2.45) is 0 Å². The zero-order valence-electron chi connectivity index (χ0n) is 15.9. The normalized spacial score (nSPS) is 12.4. The van der Waals surface area contributed by atoms with Gasteiger partial charge in [0, 0.05) is 0 Å². The average Bonchev–Trinajstić information content (AvgIpc) is 2.69. The number of carbonyl (C=O) groups excluding carboxylic acids is 1. The summed E-state index contributed by atoms with van der Waals surface area (Å²) in [6.45, 7) is 1.27. The van der Waals surface area contributed by atoms with Gasteiger partial charge in [-0.3, -0.25) is 9.59 Å². The maximum absolute atomic E-state index is 12.6. The highest BCUT2D eigenvalue weighted by Gasteiger charge is 2.31. The van der Waals surface area contributed by atoms with Crippen molar-refractivity contribution in [3.8, 4) is 11.5 Å². The van der Waals surface area contributed by atoms with E-state index in [1.807, 2.05) is 0 Å². The maximum atomic E-state index is 12.6. The molecule has 1 heterocycles. The Morgan fingerprint density at radius 1 is 1.17 bits per heavy atom. The molecule has 0 aliphatic heterocycles. The fraction of sp³-hybridized carbons (Fsp3) is 0.263. The number of nitrogens with zero attached hydrogens (tertiary/aromatic N) is 3. The highest BCUT2D eigenvalue weighted by molar-refractivity contribution is 5.79. The standard InChI is InChI=1S/C19H17F3N4O4/c1-11(12-3-5-13(6-4-12)30-19(20,21)22)23-17(27)10-26-18(28)15-9-14(29-2)7-8-16(15)24-25-26/h3-9,11H,10H2,1-2H3,(H,23,27). The van der Waals surface area contributed by atoms with Crippen LogP contribution in [0.15, 0.2) is 47.3 Å². The Hall–Kier alpha value is -3.63. The molecule has 0 aliphatic rings. The van der Waals surface area contributed by atoms with Gasteiger partial charge in [-0.25, -0.2) is 4.68 Å². The Morgan fingerprint density at radius 3 is 2.47 bits per heavy atom. The molecule has 30 heavy (non-hydrogen) atoms. The summed E-state index contributed by atoms with van der Waals surface area (Å²) in [5, 5.41) is 10.6. The molecule has 1 N–H and O–H groups in total. The first-order valence-corrected chi connectivity index (χ1v) is 8.73. The van der Waals surface area contributed by atoms with Crippen molar-refractivity contribution in [1.82, 2.24) is 20.3 Å². The lowest BCUT2D eigenvalue weighted by Gasteiger charge is -2.15. The van der Waals surface area contributed by atoms with E-state index >= 15 is 0 Å². The lowest BCUT2D eigenvalue weighted by Crippen LogP contribution is -2.35. The van der Waals surface area contributed by atoms with E-state index in [2.05, 4.69) is 20.4 Å². The third-order valence-corrected chi connectivity index (χ3v) is 4.21. The van der Waals surface area contributed by atoms with Crippen LogP contribution in [-0.2, 0) is 11.3 Å². The summed E-state index contributed by atoms with van der Waals surface area (Å²) in [6.07, 6.45) is -4.78. The van der Waals surface area contributed by atoms with Gasteiger partial charge >= 0.3 is 6.36 Å². The third kappa shape index (κ3) is 5.04. The van der Waals surface area contributed by atoms with Crippen LogP contribution < -0.4 is 20.3 Å². The molecule has 1 aromatic heterocycles. The molecule has 1 unspecified atom stereocenters. The van der Waals surface area contributed by atoms with Crippen LogP contribution in [0.5, 0.6) is 11.5 Å². The van der Waals surface area contributed by atoms with Gasteiger partial charge in [-0.15, -0.1) is 18.3 Å². The number of aromatic nitrogens is 3. The topological polar surface area (TPSA) is 95.3 Å². The van der Waals surface area contributed by atoms with Gasteiger partial charge in [0.05, 0.1) is 18.5 Å². The van der Waals surface area contributed by atoms with E-state index in [1.165, 1.54) is 25.3 Å². The number of carbonyl (C=O) groups is 1. The molecule has 0 saturated heterocycles. The number of amides is 1. The monoisotopic (exact) mass is 422 g/mol. The van der Waals surface area contributed by atoms with E-state index in [-0.39, 0.29) is 17.7 Å². The van der Waals surface area contributed by atoms with Crippen molar-refractivity contribution in [2.45, 2.75) is 25.9 Å². The first-order valence-electron chi connectivity index (χ1n) is 8.73. The third-order valence-electron chi connectivity index (χ3n) is 4.21. The number of hydrogen-bond donors (Lipinski definition) is 1. The number of nitrogens with one attached hydrogen (secondary N) is 1. The Bertz CT molecular complexity index is 1110. The Balaban J connectivity index is 1.69. The van der Waals surface area contributed by atoms with Crippen molar-refractivity contribution in [3.63, 3.8) is 0 Å². The summed E-state index contributed by atoms with van der Waals surface area (Å²) in [5.41, 5.74) is 0.418. The number of benzene rings is 2. The lowest BCUT2D eigenvalue weighted by molar-refractivity contribution is -0.274. The molecule has 1 amide bonds. The second-order valence-electron chi connectivity index (χ2n) is 6.34. The van der Waals surface area contributed by atoms with Crippen molar-refractivity contribution < 1.29 is 27.4 Å². The summed E-state index contributed by atoms with van der Waals surface area (Å²) in [7, 11) is 1.46. The minimum Gasteiger partial charge on any atom is -0.497 e. The molecular weight excluding hydrogens is 405 g/mol. The number of fused-ring (bicyclic) bond motifs is 1. The fourth-order valence-electron chi connectivity index (χ4n) is 2.75. The highest BCUT2D eigenvalue weighted by atomic mass is 19.4. The molecule has 158 valence electrons. The van der Waals surface area contributed by atoms with Crippen molar-refractivity contribution in [1.29, 1.82) is 0 Å². The number of halogens is 3. The maximum Gasteiger partial charge on any atom is 0.573 e. The zero-order chi connectivity index (χ0) is 21.9. The van der Waals surface area contributed by atoms with Gasteiger partial charge < -0.3 is 14.8 Å². The summed E-state index contributed by atoms with van der Waals surface area (Å²) in [6, 6.07) is 9.31. The van der Waals surface area contributed by atoms with Crippen LogP contribution in [-0.4, -0.2) is 34.4 Å². The molecule has 0 saturated carbocycles. The fourth-order valence-corrected chi connectivity index (χ4v) is 2.75. The van der Waals surface area contributed by atoms with Crippen LogP contribution in [0.1, 0.15) is 18.5 Å². The molecule has 3 rings (SSSR count). The lowest BCUT2D eigenvalue weighted by atomic mass is 10.1. The minimum atomic E-state index is -4.78.